The number of hydrogen-bond acceptors (Lipinski definition) is 5. The van der Waals surface area contributed by atoms with Gasteiger partial charge in [0.25, 0.3) is 0 Å². The summed E-state index contributed by atoms with van der Waals surface area (Å²) in [7, 11) is -3.33. The first-order valence-electron chi connectivity index (χ1n) is 7.78. The second-order valence-corrected chi connectivity index (χ2v) is 8.20. The Morgan fingerprint density at radius 2 is 2.04 bits per heavy atom. The molecular formula is C16H19ClN4O2S. The van der Waals surface area contributed by atoms with Gasteiger partial charge < -0.3 is 5.32 Å². The minimum atomic E-state index is -3.33. The van der Waals surface area contributed by atoms with Crippen LogP contribution in [0.25, 0.3) is 0 Å². The molecule has 1 N–H and O–H groups in total. The molecule has 0 amide bonds. The van der Waals surface area contributed by atoms with Crippen LogP contribution in [0.15, 0.2) is 42.9 Å². The monoisotopic (exact) mass is 366 g/mol. The highest BCUT2D eigenvalue weighted by Gasteiger charge is 2.28. The number of sulfonamides is 1. The molecule has 2 heterocycles. The van der Waals surface area contributed by atoms with Gasteiger partial charge in [0.1, 0.15) is 12.1 Å². The van der Waals surface area contributed by atoms with Crippen LogP contribution in [0.1, 0.15) is 18.4 Å². The standard InChI is InChI=1S/C16H19ClN4O2S/c17-14-3-1-2-13(10-14)11-24(22,23)21-8-5-15(6-9-21)20-16-4-7-18-12-19-16/h1-4,7,10,12,15H,5-6,8-9,11H2,(H,18,19,20). The largest absolute Gasteiger partial charge is 0.367 e. The molecule has 2 aromatic rings. The summed E-state index contributed by atoms with van der Waals surface area (Å²) in [5.74, 6) is 0.752. The molecule has 8 heteroatoms. The third-order valence-corrected chi connectivity index (χ3v) is 6.10. The number of anilines is 1. The number of halogens is 1. The van der Waals surface area contributed by atoms with Crippen molar-refractivity contribution in [2.45, 2.75) is 24.6 Å². The van der Waals surface area contributed by atoms with E-state index in [1.807, 2.05) is 6.07 Å². The highest BCUT2D eigenvalue weighted by molar-refractivity contribution is 7.88. The maximum atomic E-state index is 12.6. The Bertz CT molecular complexity index is 778. The molecule has 0 aliphatic carbocycles. The van der Waals surface area contributed by atoms with Crippen molar-refractivity contribution in [2.24, 2.45) is 0 Å². The van der Waals surface area contributed by atoms with Crippen LogP contribution < -0.4 is 5.32 Å². The Balaban J connectivity index is 1.57. The number of benzene rings is 1. The van der Waals surface area contributed by atoms with Gasteiger partial charge in [0, 0.05) is 30.4 Å². The maximum Gasteiger partial charge on any atom is 0.218 e. The molecule has 6 nitrogen and oxygen atoms in total. The summed E-state index contributed by atoms with van der Waals surface area (Å²) in [5, 5.41) is 3.87. The fourth-order valence-corrected chi connectivity index (χ4v) is 4.56. The summed E-state index contributed by atoms with van der Waals surface area (Å²) in [6.07, 6.45) is 4.67. The first-order valence-corrected chi connectivity index (χ1v) is 9.76. The predicted octanol–water partition coefficient (Wildman–Crippen LogP) is 2.54. The Kier molecular flexibility index (Phi) is 5.33. The van der Waals surface area contributed by atoms with Gasteiger partial charge in [-0.3, -0.25) is 0 Å². The highest BCUT2D eigenvalue weighted by atomic mass is 35.5. The quantitative estimate of drug-likeness (QED) is 0.880. The van der Waals surface area contributed by atoms with Crippen molar-refractivity contribution in [3.05, 3.63) is 53.4 Å². The highest BCUT2D eigenvalue weighted by Crippen LogP contribution is 2.21. The summed E-state index contributed by atoms with van der Waals surface area (Å²) in [6.45, 7) is 1.01. The molecule has 1 aliphatic heterocycles. The Labute approximate surface area is 146 Å². The van der Waals surface area contributed by atoms with Crippen LogP contribution in [-0.4, -0.2) is 41.8 Å². The normalized spacial score (nSPS) is 16.9. The summed E-state index contributed by atoms with van der Waals surface area (Å²) in [6, 6.07) is 9.02. The maximum absolute atomic E-state index is 12.6. The molecule has 0 radical (unpaired) electrons. The minimum Gasteiger partial charge on any atom is -0.367 e. The molecule has 1 aliphatic rings. The number of hydrogen-bond donors (Lipinski definition) is 1. The Morgan fingerprint density at radius 1 is 1.25 bits per heavy atom. The van der Waals surface area contributed by atoms with Crippen LogP contribution in [0.2, 0.25) is 5.02 Å². The third kappa shape index (κ3) is 4.43. The molecule has 0 spiro atoms. The van der Waals surface area contributed by atoms with E-state index in [4.69, 9.17) is 11.6 Å². The lowest BCUT2D eigenvalue weighted by atomic mass is 10.1. The van der Waals surface area contributed by atoms with Crippen molar-refractivity contribution in [1.82, 2.24) is 14.3 Å². The van der Waals surface area contributed by atoms with Gasteiger partial charge in [0.05, 0.1) is 5.75 Å². The van der Waals surface area contributed by atoms with Gasteiger partial charge in [0.15, 0.2) is 0 Å². The predicted molar refractivity (Wildman–Crippen MR) is 94.3 cm³/mol. The second-order valence-electron chi connectivity index (χ2n) is 5.80. The topological polar surface area (TPSA) is 75.2 Å². The van der Waals surface area contributed by atoms with Gasteiger partial charge in [0.2, 0.25) is 10.0 Å². The van der Waals surface area contributed by atoms with Crippen LogP contribution in [0.4, 0.5) is 5.82 Å². The molecule has 1 fully saturated rings. The van der Waals surface area contributed by atoms with Crippen LogP contribution >= 0.6 is 11.6 Å². The number of aromatic nitrogens is 2. The van der Waals surface area contributed by atoms with Crippen LogP contribution in [-0.2, 0) is 15.8 Å². The molecule has 3 rings (SSSR count). The van der Waals surface area contributed by atoms with Crippen molar-refractivity contribution in [2.75, 3.05) is 18.4 Å². The number of nitrogens with zero attached hydrogens (tertiary/aromatic N) is 3. The molecule has 0 unspecified atom stereocenters. The minimum absolute atomic E-state index is 0.0163. The molecule has 0 bridgehead atoms. The lowest BCUT2D eigenvalue weighted by Crippen LogP contribution is -2.42. The van der Waals surface area contributed by atoms with Crippen molar-refractivity contribution in [3.8, 4) is 0 Å². The van der Waals surface area contributed by atoms with E-state index in [1.54, 1.807) is 34.8 Å². The fourth-order valence-electron chi connectivity index (χ4n) is 2.79. The molecule has 1 aromatic heterocycles. The van der Waals surface area contributed by atoms with E-state index in [0.29, 0.717) is 23.7 Å². The number of rotatable bonds is 5. The zero-order chi connectivity index (χ0) is 17.0. The average Bonchev–Trinajstić information content (AvgIpc) is 2.56. The smallest absolute Gasteiger partial charge is 0.218 e. The molecule has 24 heavy (non-hydrogen) atoms. The van der Waals surface area contributed by atoms with Crippen LogP contribution in [0, 0.1) is 0 Å². The van der Waals surface area contributed by atoms with E-state index in [2.05, 4.69) is 15.3 Å². The van der Waals surface area contributed by atoms with Gasteiger partial charge in [-0.15, -0.1) is 0 Å². The van der Waals surface area contributed by atoms with Crippen molar-refractivity contribution in [1.29, 1.82) is 0 Å². The molecule has 1 aromatic carbocycles. The Hall–Kier alpha value is -1.70. The van der Waals surface area contributed by atoms with E-state index in [9.17, 15) is 8.42 Å². The molecule has 1 saturated heterocycles. The summed E-state index contributed by atoms with van der Waals surface area (Å²) < 4.78 is 26.7. The molecule has 128 valence electrons. The van der Waals surface area contributed by atoms with Gasteiger partial charge in [-0.2, -0.15) is 0 Å². The second kappa shape index (κ2) is 7.46. The summed E-state index contributed by atoms with van der Waals surface area (Å²) >= 11 is 5.93. The van der Waals surface area contributed by atoms with Crippen LogP contribution in [0.3, 0.4) is 0 Å². The lowest BCUT2D eigenvalue weighted by Gasteiger charge is -2.31. The fraction of sp³-hybridized carbons (Fsp3) is 0.375. The summed E-state index contributed by atoms with van der Waals surface area (Å²) in [4.78, 5) is 8.02. The third-order valence-electron chi connectivity index (χ3n) is 4.02. The number of nitrogens with one attached hydrogen (secondary N) is 1. The van der Waals surface area contributed by atoms with E-state index in [1.165, 1.54) is 6.33 Å². The van der Waals surface area contributed by atoms with E-state index >= 15 is 0 Å². The molecular weight excluding hydrogens is 348 g/mol. The summed E-state index contributed by atoms with van der Waals surface area (Å²) in [5.41, 5.74) is 0.712. The SMILES string of the molecule is O=S(=O)(Cc1cccc(Cl)c1)N1CCC(Nc2ccncn2)CC1. The first kappa shape index (κ1) is 17.1. The van der Waals surface area contributed by atoms with Crippen molar-refractivity contribution in [3.63, 3.8) is 0 Å². The van der Waals surface area contributed by atoms with E-state index in [0.717, 1.165) is 18.7 Å². The van der Waals surface area contributed by atoms with Crippen molar-refractivity contribution < 1.29 is 8.42 Å². The average molecular weight is 367 g/mol. The van der Waals surface area contributed by atoms with Gasteiger partial charge in [-0.1, -0.05) is 23.7 Å². The Morgan fingerprint density at radius 3 is 2.71 bits per heavy atom. The molecule has 0 saturated carbocycles. The van der Waals surface area contributed by atoms with Crippen molar-refractivity contribution >= 4 is 27.4 Å². The lowest BCUT2D eigenvalue weighted by molar-refractivity contribution is 0.329. The zero-order valence-corrected chi connectivity index (χ0v) is 14.7. The molecule has 0 atom stereocenters. The van der Waals surface area contributed by atoms with Crippen LogP contribution in [0.5, 0.6) is 0 Å². The van der Waals surface area contributed by atoms with Gasteiger partial charge >= 0.3 is 0 Å². The van der Waals surface area contributed by atoms with E-state index in [-0.39, 0.29) is 11.8 Å². The van der Waals surface area contributed by atoms with Gasteiger partial charge in [-0.25, -0.2) is 22.7 Å². The first-order chi connectivity index (χ1) is 11.5. The number of piperidine rings is 1. The van der Waals surface area contributed by atoms with Gasteiger partial charge in [-0.05, 0) is 36.6 Å². The van der Waals surface area contributed by atoms with E-state index < -0.39 is 10.0 Å². The zero-order valence-electron chi connectivity index (χ0n) is 13.1.